The van der Waals surface area contributed by atoms with E-state index in [0.717, 1.165) is 11.1 Å². The lowest BCUT2D eigenvalue weighted by Crippen LogP contribution is -2.27. The lowest BCUT2D eigenvalue weighted by molar-refractivity contribution is -0.141. The summed E-state index contributed by atoms with van der Waals surface area (Å²) in [6.07, 6.45) is 1.82. The number of nitrogens with zero attached hydrogens (tertiary/aromatic N) is 2. The maximum atomic E-state index is 12.4. The number of hydrogen-bond acceptors (Lipinski definition) is 4. The smallest absolute Gasteiger partial charge is 0.303 e. The normalized spacial score (nSPS) is 17.0. The molecule has 1 aromatic heterocycles. The van der Waals surface area contributed by atoms with Gasteiger partial charge in [0.25, 0.3) is 0 Å². The number of benzene rings is 1. The van der Waals surface area contributed by atoms with Crippen LogP contribution in [-0.4, -0.2) is 27.7 Å². The minimum absolute atomic E-state index is 0.0768. The number of aliphatic carboxylic acids is 1. The molecule has 0 radical (unpaired) electrons. The van der Waals surface area contributed by atoms with E-state index in [1.807, 2.05) is 31.2 Å². The molecule has 6 heteroatoms. The van der Waals surface area contributed by atoms with Crippen LogP contribution in [0.2, 0.25) is 0 Å². The van der Waals surface area contributed by atoms with Crippen LogP contribution in [0.3, 0.4) is 0 Å². The van der Waals surface area contributed by atoms with Crippen LogP contribution in [0.5, 0.6) is 0 Å². The molecule has 1 amide bonds. The van der Waals surface area contributed by atoms with Crippen LogP contribution < -0.4 is 0 Å². The largest absolute Gasteiger partial charge is 0.481 e. The molecule has 0 fully saturated rings. The second-order valence-corrected chi connectivity index (χ2v) is 5.79. The first kappa shape index (κ1) is 16.0. The second-order valence-electron chi connectivity index (χ2n) is 5.79. The Balaban J connectivity index is 1.87. The highest BCUT2D eigenvalue weighted by Gasteiger charge is 2.33. The molecule has 2 heterocycles. The van der Waals surface area contributed by atoms with E-state index < -0.39 is 5.97 Å². The Morgan fingerprint density at radius 2 is 2.00 bits per heavy atom. The standard InChI is InChI=1S/C18H18N2O4/c1-12-4-6-13(7-5-12)15-11-14(16-3-2-10-24-16)19-20(15)17(21)8-9-18(22)23/h2-7,10,15H,8-9,11H2,1H3,(H,22,23). The minimum Gasteiger partial charge on any atom is -0.481 e. The fourth-order valence-electron chi connectivity index (χ4n) is 2.71. The second kappa shape index (κ2) is 6.70. The predicted molar refractivity (Wildman–Crippen MR) is 87.5 cm³/mol. The highest BCUT2D eigenvalue weighted by molar-refractivity contribution is 6.01. The van der Waals surface area contributed by atoms with Crippen LogP contribution >= 0.6 is 0 Å². The average Bonchev–Trinajstić information content (AvgIpc) is 3.22. The summed E-state index contributed by atoms with van der Waals surface area (Å²) in [5.74, 6) is -0.671. The molecule has 1 aliphatic rings. The zero-order valence-electron chi connectivity index (χ0n) is 13.3. The summed E-state index contributed by atoms with van der Waals surface area (Å²) in [5.41, 5.74) is 2.79. The number of amides is 1. The third kappa shape index (κ3) is 3.37. The van der Waals surface area contributed by atoms with Gasteiger partial charge in [-0.3, -0.25) is 9.59 Å². The summed E-state index contributed by atoms with van der Waals surface area (Å²) in [6, 6.07) is 11.2. The number of carbonyl (C=O) groups is 2. The van der Waals surface area contributed by atoms with Gasteiger partial charge in [-0.15, -0.1) is 0 Å². The van der Waals surface area contributed by atoms with E-state index in [-0.39, 0.29) is 24.8 Å². The first-order valence-electron chi connectivity index (χ1n) is 7.76. The zero-order chi connectivity index (χ0) is 17.1. The highest BCUT2D eigenvalue weighted by Crippen LogP contribution is 2.33. The molecule has 0 saturated carbocycles. The van der Waals surface area contributed by atoms with E-state index in [0.29, 0.717) is 17.9 Å². The van der Waals surface area contributed by atoms with Crippen molar-refractivity contribution >= 4 is 17.6 Å². The molecule has 0 aliphatic carbocycles. The summed E-state index contributed by atoms with van der Waals surface area (Å²) in [6.45, 7) is 2.00. The lowest BCUT2D eigenvalue weighted by Gasteiger charge is -2.22. The molecule has 6 nitrogen and oxygen atoms in total. The van der Waals surface area contributed by atoms with Crippen molar-refractivity contribution in [2.45, 2.75) is 32.2 Å². The summed E-state index contributed by atoms with van der Waals surface area (Å²) in [5, 5.41) is 14.6. The molecule has 1 unspecified atom stereocenters. The van der Waals surface area contributed by atoms with Gasteiger partial charge in [-0.05, 0) is 24.6 Å². The minimum atomic E-state index is -0.996. The Bertz CT molecular complexity index is 763. The van der Waals surface area contributed by atoms with E-state index in [1.54, 1.807) is 18.4 Å². The molecule has 3 rings (SSSR count). The molecule has 0 bridgehead atoms. The van der Waals surface area contributed by atoms with E-state index >= 15 is 0 Å². The third-order valence-electron chi connectivity index (χ3n) is 3.99. The number of hydrazone groups is 1. The molecule has 0 spiro atoms. The number of carboxylic acids is 1. The van der Waals surface area contributed by atoms with Crippen LogP contribution in [0.15, 0.2) is 52.2 Å². The van der Waals surface area contributed by atoms with Crippen LogP contribution in [0.1, 0.15) is 42.2 Å². The van der Waals surface area contributed by atoms with E-state index in [4.69, 9.17) is 9.52 Å². The number of rotatable bonds is 5. The van der Waals surface area contributed by atoms with Crippen molar-refractivity contribution in [1.29, 1.82) is 0 Å². The molecule has 1 aromatic carbocycles. The Kier molecular flexibility index (Phi) is 4.46. The Morgan fingerprint density at radius 3 is 2.62 bits per heavy atom. The van der Waals surface area contributed by atoms with Gasteiger partial charge in [0.15, 0.2) is 0 Å². The van der Waals surface area contributed by atoms with Crippen molar-refractivity contribution in [1.82, 2.24) is 5.01 Å². The maximum Gasteiger partial charge on any atom is 0.303 e. The first-order valence-corrected chi connectivity index (χ1v) is 7.76. The lowest BCUT2D eigenvalue weighted by atomic mass is 9.99. The molecule has 24 heavy (non-hydrogen) atoms. The quantitative estimate of drug-likeness (QED) is 0.915. The van der Waals surface area contributed by atoms with Crippen molar-refractivity contribution in [2.24, 2.45) is 5.10 Å². The van der Waals surface area contributed by atoms with Crippen molar-refractivity contribution in [3.8, 4) is 0 Å². The highest BCUT2D eigenvalue weighted by atomic mass is 16.4. The van der Waals surface area contributed by atoms with Gasteiger partial charge in [0, 0.05) is 12.8 Å². The molecule has 1 aliphatic heterocycles. The van der Waals surface area contributed by atoms with Crippen molar-refractivity contribution in [3.63, 3.8) is 0 Å². The van der Waals surface area contributed by atoms with Gasteiger partial charge in [0.2, 0.25) is 5.91 Å². The average molecular weight is 326 g/mol. The molecule has 1 atom stereocenters. The number of carboxylic acid groups (broad SMARTS) is 1. The number of hydrogen-bond donors (Lipinski definition) is 1. The van der Waals surface area contributed by atoms with E-state index in [9.17, 15) is 9.59 Å². The fourth-order valence-corrected chi connectivity index (χ4v) is 2.71. The zero-order valence-corrected chi connectivity index (χ0v) is 13.3. The maximum absolute atomic E-state index is 12.4. The fraction of sp³-hybridized carbons (Fsp3) is 0.278. The summed E-state index contributed by atoms with van der Waals surface area (Å²) in [7, 11) is 0. The summed E-state index contributed by atoms with van der Waals surface area (Å²) in [4.78, 5) is 23.2. The van der Waals surface area contributed by atoms with Gasteiger partial charge in [-0.1, -0.05) is 29.8 Å². The van der Waals surface area contributed by atoms with Crippen LogP contribution in [0.4, 0.5) is 0 Å². The van der Waals surface area contributed by atoms with Gasteiger partial charge >= 0.3 is 5.97 Å². The Labute approximate surface area is 139 Å². The summed E-state index contributed by atoms with van der Waals surface area (Å²) >= 11 is 0. The molecule has 0 saturated heterocycles. The van der Waals surface area contributed by atoms with Crippen molar-refractivity contribution in [2.75, 3.05) is 0 Å². The molecular formula is C18H18N2O4. The molecule has 1 N–H and O–H groups in total. The summed E-state index contributed by atoms with van der Waals surface area (Å²) < 4.78 is 5.38. The Morgan fingerprint density at radius 1 is 1.25 bits per heavy atom. The number of furan rings is 1. The topological polar surface area (TPSA) is 83.1 Å². The van der Waals surface area contributed by atoms with Gasteiger partial charge in [0.05, 0.1) is 18.7 Å². The van der Waals surface area contributed by atoms with Gasteiger partial charge in [-0.25, -0.2) is 5.01 Å². The van der Waals surface area contributed by atoms with Crippen LogP contribution in [0, 0.1) is 6.92 Å². The van der Waals surface area contributed by atoms with Gasteiger partial charge in [-0.2, -0.15) is 5.10 Å². The molecular weight excluding hydrogens is 308 g/mol. The van der Waals surface area contributed by atoms with Gasteiger partial charge in [0.1, 0.15) is 11.5 Å². The van der Waals surface area contributed by atoms with Crippen molar-refractivity contribution in [3.05, 3.63) is 59.5 Å². The van der Waals surface area contributed by atoms with E-state index in [2.05, 4.69) is 5.10 Å². The first-order chi connectivity index (χ1) is 11.5. The Hall–Kier alpha value is -2.89. The van der Waals surface area contributed by atoms with Crippen LogP contribution in [0.25, 0.3) is 0 Å². The number of carbonyl (C=O) groups excluding carboxylic acids is 1. The van der Waals surface area contributed by atoms with Crippen LogP contribution in [-0.2, 0) is 9.59 Å². The monoisotopic (exact) mass is 326 g/mol. The molecule has 2 aromatic rings. The SMILES string of the molecule is Cc1ccc(C2CC(c3ccco3)=NN2C(=O)CCC(=O)O)cc1. The number of aryl methyl sites for hydroxylation is 1. The predicted octanol–water partition coefficient (Wildman–Crippen LogP) is 3.13. The third-order valence-corrected chi connectivity index (χ3v) is 3.99. The van der Waals surface area contributed by atoms with Gasteiger partial charge < -0.3 is 9.52 Å². The van der Waals surface area contributed by atoms with E-state index in [1.165, 1.54) is 5.01 Å². The van der Waals surface area contributed by atoms with Crippen molar-refractivity contribution < 1.29 is 19.1 Å². The molecule has 124 valence electrons.